The molecule has 1 aromatic carbocycles. The Morgan fingerprint density at radius 1 is 1.40 bits per heavy atom. The lowest BCUT2D eigenvalue weighted by molar-refractivity contribution is -0.136. The summed E-state index contributed by atoms with van der Waals surface area (Å²) in [7, 11) is 0. The van der Waals surface area contributed by atoms with Gasteiger partial charge in [0.05, 0.1) is 0 Å². The van der Waals surface area contributed by atoms with E-state index < -0.39 is 17.6 Å². The molecular formula is C9H6ClFO4. The highest BCUT2D eigenvalue weighted by molar-refractivity contribution is 6.28. The van der Waals surface area contributed by atoms with Crippen molar-refractivity contribution in [3.8, 4) is 5.75 Å². The number of carbonyl (C=O) groups is 2. The molecule has 0 aliphatic rings. The topological polar surface area (TPSA) is 63.6 Å². The molecule has 0 fully saturated rings. The lowest BCUT2D eigenvalue weighted by Crippen LogP contribution is -2.17. The van der Waals surface area contributed by atoms with Gasteiger partial charge in [0.25, 0.3) is 5.63 Å². The van der Waals surface area contributed by atoms with Crippen LogP contribution >= 0.6 is 11.6 Å². The summed E-state index contributed by atoms with van der Waals surface area (Å²) in [6, 6.07) is 5.37. The highest BCUT2D eigenvalue weighted by atomic mass is 35.5. The van der Waals surface area contributed by atoms with Gasteiger partial charge in [-0.3, -0.25) is 0 Å². The number of rotatable bonds is 3. The standard InChI is InChI=1S/C9H6ClFO4/c10-7(11)9(14)15-6-4-2-1-3-5(6)8(12)13/h1-4,7H,(H,12,13). The van der Waals surface area contributed by atoms with Crippen molar-refractivity contribution in [2.75, 3.05) is 0 Å². The molecule has 1 unspecified atom stereocenters. The van der Waals surface area contributed by atoms with E-state index in [1.165, 1.54) is 24.3 Å². The van der Waals surface area contributed by atoms with Gasteiger partial charge in [-0.05, 0) is 12.1 Å². The molecule has 80 valence electrons. The molecule has 0 radical (unpaired) electrons. The van der Waals surface area contributed by atoms with Crippen LogP contribution in [0.15, 0.2) is 24.3 Å². The van der Waals surface area contributed by atoms with E-state index in [4.69, 9.17) is 16.7 Å². The molecule has 0 saturated carbocycles. The average molecular weight is 233 g/mol. The third-order valence-electron chi connectivity index (χ3n) is 1.51. The highest BCUT2D eigenvalue weighted by Gasteiger charge is 2.19. The minimum absolute atomic E-state index is 0.233. The lowest BCUT2D eigenvalue weighted by atomic mass is 10.2. The fraction of sp³-hybridized carbons (Fsp3) is 0.111. The van der Waals surface area contributed by atoms with Crippen molar-refractivity contribution in [2.45, 2.75) is 5.63 Å². The number of carboxylic acid groups (broad SMARTS) is 1. The van der Waals surface area contributed by atoms with Crippen molar-refractivity contribution < 1.29 is 23.8 Å². The third-order valence-corrected chi connectivity index (χ3v) is 1.68. The van der Waals surface area contributed by atoms with Gasteiger partial charge in [0.15, 0.2) is 0 Å². The van der Waals surface area contributed by atoms with E-state index in [0.717, 1.165) is 0 Å². The fourth-order valence-corrected chi connectivity index (χ4v) is 0.930. The number of halogens is 2. The molecule has 0 bridgehead atoms. The Morgan fingerprint density at radius 3 is 2.53 bits per heavy atom. The van der Waals surface area contributed by atoms with Gasteiger partial charge in [-0.25, -0.2) is 14.0 Å². The summed E-state index contributed by atoms with van der Waals surface area (Å²) in [6.07, 6.45) is 0. The van der Waals surface area contributed by atoms with Crippen molar-refractivity contribution >= 4 is 23.5 Å². The van der Waals surface area contributed by atoms with Crippen LogP contribution in [0.25, 0.3) is 0 Å². The molecule has 1 atom stereocenters. The number of alkyl halides is 2. The van der Waals surface area contributed by atoms with Crippen LogP contribution < -0.4 is 4.74 Å². The minimum atomic E-state index is -2.31. The number of ether oxygens (including phenoxy) is 1. The van der Waals surface area contributed by atoms with Gasteiger partial charge < -0.3 is 9.84 Å². The molecule has 0 spiro atoms. The van der Waals surface area contributed by atoms with Gasteiger partial charge in [-0.15, -0.1) is 0 Å². The van der Waals surface area contributed by atoms with E-state index >= 15 is 0 Å². The van der Waals surface area contributed by atoms with E-state index in [1.54, 1.807) is 0 Å². The number of esters is 1. The molecule has 4 nitrogen and oxygen atoms in total. The maximum Gasteiger partial charge on any atom is 0.361 e. The molecule has 1 N–H and O–H groups in total. The van der Waals surface area contributed by atoms with E-state index in [2.05, 4.69) is 4.74 Å². The first-order valence-electron chi connectivity index (χ1n) is 3.84. The largest absolute Gasteiger partial charge is 0.478 e. The van der Waals surface area contributed by atoms with Crippen LogP contribution in [-0.4, -0.2) is 22.7 Å². The van der Waals surface area contributed by atoms with Gasteiger partial charge in [0.2, 0.25) is 0 Å². The summed E-state index contributed by atoms with van der Waals surface area (Å²) in [5, 5.41) is 8.70. The van der Waals surface area contributed by atoms with Crippen molar-refractivity contribution in [3.05, 3.63) is 29.8 Å². The number of hydrogen-bond acceptors (Lipinski definition) is 3. The van der Waals surface area contributed by atoms with E-state index in [1.807, 2.05) is 0 Å². The van der Waals surface area contributed by atoms with Gasteiger partial charge in [-0.2, -0.15) is 0 Å². The number of para-hydroxylation sites is 1. The van der Waals surface area contributed by atoms with Crippen LogP contribution in [-0.2, 0) is 4.79 Å². The lowest BCUT2D eigenvalue weighted by Gasteiger charge is -2.06. The number of benzene rings is 1. The quantitative estimate of drug-likeness (QED) is 0.491. The second-order valence-corrected chi connectivity index (χ2v) is 2.91. The summed E-state index contributed by atoms with van der Waals surface area (Å²) in [4.78, 5) is 21.4. The van der Waals surface area contributed by atoms with Gasteiger partial charge >= 0.3 is 11.9 Å². The smallest absolute Gasteiger partial charge is 0.361 e. The minimum Gasteiger partial charge on any atom is -0.478 e. The van der Waals surface area contributed by atoms with Gasteiger partial charge in [0.1, 0.15) is 11.3 Å². The van der Waals surface area contributed by atoms with E-state index in [9.17, 15) is 14.0 Å². The maximum atomic E-state index is 12.3. The zero-order valence-corrected chi connectivity index (χ0v) is 8.07. The third kappa shape index (κ3) is 2.92. The van der Waals surface area contributed by atoms with Crippen LogP contribution in [0.1, 0.15) is 10.4 Å². The van der Waals surface area contributed by atoms with Crippen molar-refractivity contribution in [1.82, 2.24) is 0 Å². The van der Waals surface area contributed by atoms with Crippen LogP contribution in [0, 0.1) is 0 Å². The molecule has 0 heterocycles. The number of aromatic carboxylic acids is 1. The predicted molar refractivity (Wildman–Crippen MR) is 49.8 cm³/mol. The average Bonchev–Trinajstić information content (AvgIpc) is 2.18. The molecule has 15 heavy (non-hydrogen) atoms. The van der Waals surface area contributed by atoms with E-state index in [0.29, 0.717) is 0 Å². The molecular weight excluding hydrogens is 227 g/mol. The van der Waals surface area contributed by atoms with Gasteiger partial charge in [-0.1, -0.05) is 23.7 Å². The fourth-order valence-electron chi connectivity index (χ4n) is 0.885. The van der Waals surface area contributed by atoms with Crippen LogP contribution in [0.5, 0.6) is 5.75 Å². The normalized spacial score (nSPS) is 11.9. The monoisotopic (exact) mass is 232 g/mol. The molecule has 1 aromatic rings. The maximum absolute atomic E-state index is 12.3. The summed E-state index contributed by atoms with van der Waals surface area (Å²) in [5.41, 5.74) is -2.55. The molecule has 0 saturated heterocycles. The molecule has 6 heteroatoms. The summed E-state index contributed by atoms with van der Waals surface area (Å²) >= 11 is 4.82. The Labute approximate surface area is 89.2 Å². The van der Waals surface area contributed by atoms with Crippen molar-refractivity contribution in [2.24, 2.45) is 0 Å². The van der Waals surface area contributed by atoms with Crippen LogP contribution in [0.4, 0.5) is 4.39 Å². The van der Waals surface area contributed by atoms with Crippen LogP contribution in [0.2, 0.25) is 0 Å². The van der Waals surface area contributed by atoms with Gasteiger partial charge in [0, 0.05) is 0 Å². The molecule has 0 aliphatic carbocycles. The number of carbonyl (C=O) groups excluding carboxylic acids is 1. The Hall–Kier alpha value is -1.62. The Balaban J connectivity index is 2.94. The van der Waals surface area contributed by atoms with Crippen LogP contribution in [0.3, 0.4) is 0 Å². The summed E-state index contributed by atoms with van der Waals surface area (Å²) < 4.78 is 16.7. The second kappa shape index (κ2) is 4.75. The Kier molecular flexibility index (Phi) is 3.62. The second-order valence-electron chi connectivity index (χ2n) is 2.52. The molecule has 0 amide bonds. The first kappa shape index (κ1) is 11.5. The summed E-state index contributed by atoms with van der Waals surface area (Å²) in [5.74, 6) is -2.85. The van der Waals surface area contributed by atoms with E-state index in [-0.39, 0.29) is 11.3 Å². The number of carboxylic acids is 1. The first-order chi connectivity index (χ1) is 7.02. The Morgan fingerprint density at radius 2 is 2.00 bits per heavy atom. The zero-order chi connectivity index (χ0) is 11.4. The first-order valence-corrected chi connectivity index (χ1v) is 4.28. The van der Waals surface area contributed by atoms with Crippen molar-refractivity contribution in [1.29, 1.82) is 0 Å². The molecule has 0 aliphatic heterocycles. The Bertz CT molecular complexity index is 391. The number of hydrogen-bond donors (Lipinski definition) is 1. The molecule has 1 rings (SSSR count). The zero-order valence-electron chi connectivity index (χ0n) is 7.31. The van der Waals surface area contributed by atoms with Crippen molar-refractivity contribution in [3.63, 3.8) is 0 Å². The molecule has 0 aromatic heterocycles. The SMILES string of the molecule is O=C(O)c1ccccc1OC(=O)C(F)Cl. The highest BCUT2D eigenvalue weighted by Crippen LogP contribution is 2.19. The predicted octanol–water partition coefficient (Wildman–Crippen LogP) is 1.82. The summed E-state index contributed by atoms with van der Waals surface area (Å²) in [6.45, 7) is 0.